The Morgan fingerprint density at radius 1 is 1.38 bits per heavy atom. The molecule has 0 atom stereocenters. The second-order valence-corrected chi connectivity index (χ2v) is 4.81. The third-order valence-corrected chi connectivity index (χ3v) is 3.38. The minimum absolute atomic E-state index is 0.109. The van der Waals surface area contributed by atoms with Gasteiger partial charge in [-0.05, 0) is 37.8 Å². The number of benzene rings is 1. The second-order valence-electron chi connectivity index (χ2n) is 4.81. The van der Waals surface area contributed by atoms with Gasteiger partial charge in [-0.15, -0.1) is 0 Å². The van der Waals surface area contributed by atoms with E-state index in [9.17, 15) is 8.78 Å². The summed E-state index contributed by atoms with van der Waals surface area (Å²) in [5.41, 5.74) is 1.27. The van der Waals surface area contributed by atoms with E-state index in [-0.39, 0.29) is 11.1 Å². The summed E-state index contributed by atoms with van der Waals surface area (Å²) in [6.45, 7) is 2.87. The van der Waals surface area contributed by atoms with Crippen molar-refractivity contribution >= 4 is 0 Å². The number of halogens is 2. The van der Waals surface area contributed by atoms with Crippen molar-refractivity contribution in [2.75, 3.05) is 0 Å². The van der Waals surface area contributed by atoms with Crippen molar-refractivity contribution in [1.82, 2.24) is 5.32 Å². The third kappa shape index (κ3) is 2.59. The van der Waals surface area contributed by atoms with Crippen molar-refractivity contribution in [1.29, 1.82) is 0 Å². The molecule has 1 aliphatic rings. The molecule has 0 heterocycles. The fourth-order valence-corrected chi connectivity index (χ4v) is 2.04. The first-order chi connectivity index (χ1) is 7.59. The van der Waals surface area contributed by atoms with Crippen molar-refractivity contribution in [3.8, 4) is 0 Å². The molecule has 1 nitrogen and oxygen atoms in total. The van der Waals surface area contributed by atoms with Crippen LogP contribution in [0.3, 0.4) is 0 Å². The molecular weight excluding hydrogens is 208 g/mol. The first kappa shape index (κ1) is 11.5. The van der Waals surface area contributed by atoms with Crippen LogP contribution < -0.4 is 5.32 Å². The molecule has 1 saturated carbocycles. The monoisotopic (exact) mass is 225 g/mol. The molecule has 2 rings (SSSR count). The fourth-order valence-electron chi connectivity index (χ4n) is 2.04. The molecule has 0 aromatic heterocycles. The van der Waals surface area contributed by atoms with Crippen LogP contribution in [0.25, 0.3) is 0 Å². The molecule has 0 aliphatic heterocycles. The summed E-state index contributed by atoms with van der Waals surface area (Å²) in [7, 11) is 0. The largest absolute Gasteiger partial charge is 0.307 e. The Kier molecular flexibility index (Phi) is 3.24. The van der Waals surface area contributed by atoms with Crippen LogP contribution >= 0.6 is 0 Å². The van der Waals surface area contributed by atoms with Gasteiger partial charge < -0.3 is 5.32 Å². The van der Waals surface area contributed by atoms with E-state index in [4.69, 9.17) is 0 Å². The summed E-state index contributed by atoms with van der Waals surface area (Å²) >= 11 is 0. The van der Waals surface area contributed by atoms with Gasteiger partial charge in [-0.25, -0.2) is 8.78 Å². The van der Waals surface area contributed by atoms with E-state index in [2.05, 4.69) is 12.2 Å². The molecule has 16 heavy (non-hydrogen) atoms. The normalized spacial score (nSPS) is 18.5. The number of nitrogens with one attached hydrogen (secondary N) is 1. The highest BCUT2D eigenvalue weighted by Gasteiger charge is 2.30. The lowest BCUT2D eigenvalue weighted by Crippen LogP contribution is -2.47. The molecule has 1 aliphatic carbocycles. The van der Waals surface area contributed by atoms with E-state index in [1.54, 1.807) is 12.1 Å². The Morgan fingerprint density at radius 2 is 2.12 bits per heavy atom. The number of alkyl halides is 2. The van der Waals surface area contributed by atoms with E-state index in [0.29, 0.717) is 6.54 Å². The molecule has 0 saturated heterocycles. The summed E-state index contributed by atoms with van der Waals surface area (Å²) in [6.07, 6.45) is 1.25. The van der Waals surface area contributed by atoms with Crippen LogP contribution in [0.4, 0.5) is 8.78 Å². The molecular formula is C13H17F2N. The van der Waals surface area contributed by atoms with Gasteiger partial charge in [0, 0.05) is 17.6 Å². The van der Waals surface area contributed by atoms with Crippen molar-refractivity contribution < 1.29 is 8.78 Å². The maximum Gasteiger partial charge on any atom is 0.263 e. The first-order valence-electron chi connectivity index (χ1n) is 5.71. The average molecular weight is 225 g/mol. The summed E-state index contributed by atoms with van der Waals surface area (Å²) in [5.74, 6) is 0. The predicted octanol–water partition coefficient (Wildman–Crippen LogP) is 3.66. The molecule has 3 heteroatoms. The highest BCUT2D eigenvalue weighted by atomic mass is 19.3. The van der Waals surface area contributed by atoms with Gasteiger partial charge in [-0.2, -0.15) is 0 Å². The van der Waals surface area contributed by atoms with E-state index >= 15 is 0 Å². The van der Waals surface area contributed by atoms with Crippen LogP contribution in [0.1, 0.15) is 43.7 Å². The van der Waals surface area contributed by atoms with Crippen LogP contribution in [0, 0.1) is 0 Å². The Hall–Kier alpha value is -0.960. The van der Waals surface area contributed by atoms with Crippen molar-refractivity contribution in [2.24, 2.45) is 0 Å². The lowest BCUT2D eigenvalue weighted by molar-refractivity contribution is 0.151. The predicted molar refractivity (Wildman–Crippen MR) is 60.5 cm³/mol. The van der Waals surface area contributed by atoms with Gasteiger partial charge in [0.2, 0.25) is 0 Å². The van der Waals surface area contributed by atoms with E-state index in [1.165, 1.54) is 25.3 Å². The highest BCUT2D eigenvalue weighted by molar-refractivity contribution is 5.24. The van der Waals surface area contributed by atoms with Crippen LogP contribution in [-0.4, -0.2) is 5.54 Å². The van der Waals surface area contributed by atoms with Crippen molar-refractivity contribution in [3.63, 3.8) is 0 Å². The van der Waals surface area contributed by atoms with Gasteiger partial charge in [0.25, 0.3) is 6.43 Å². The summed E-state index contributed by atoms with van der Waals surface area (Å²) in [6, 6.07) is 6.64. The minimum Gasteiger partial charge on any atom is -0.307 e. The fraction of sp³-hybridized carbons (Fsp3) is 0.538. The molecule has 0 amide bonds. The van der Waals surface area contributed by atoms with Crippen LogP contribution in [-0.2, 0) is 6.54 Å². The Balaban J connectivity index is 1.96. The van der Waals surface area contributed by atoms with Crippen LogP contribution in [0.2, 0.25) is 0 Å². The smallest absolute Gasteiger partial charge is 0.263 e. The summed E-state index contributed by atoms with van der Waals surface area (Å²) < 4.78 is 25.0. The minimum atomic E-state index is -2.38. The Labute approximate surface area is 94.9 Å². The maximum absolute atomic E-state index is 12.5. The summed E-state index contributed by atoms with van der Waals surface area (Å²) in [4.78, 5) is 0. The molecule has 0 unspecified atom stereocenters. The van der Waals surface area contributed by atoms with E-state index < -0.39 is 6.43 Å². The van der Waals surface area contributed by atoms with Gasteiger partial charge in [0.15, 0.2) is 0 Å². The van der Waals surface area contributed by atoms with Crippen LogP contribution in [0.15, 0.2) is 24.3 Å². The number of hydrogen-bond donors (Lipinski definition) is 1. The molecule has 1 N–H and O–H groups in total. The molecule has 88 valence electrons. The van der Waals surface area contributed by atoms with Gasteiger partial charge in [-0.1, -0.05) is 18.2 Å². The Bertz CT molecular complexity index is 359. The van der Waals surface area contributed by atoms with Crippen molar-refractivity contribution in [2.45, 2.75) is 44.7 Å². The van der Waals surface area contributed by atoms with E-state index in [1.807, 2.05) is 6.07 Å². The standard InChI is InChI=1S/C13H17F2N/c1-13(6-3-7-13)16-9-10-4-2-5-11(8-10)12(14)15/h2,4-5,8,12,16H,3,6-7,9H2,1H3. The summed E-state index contributed by atoms with van der Waals surface area (Å²) in [5, 5.41) is 3.43. The van der Waals surface area contributed by atoms with Gasteiger partial charge >= 0.3 is 0 Å². The number of hydrogen-bond acceptors (Lipinski definition) is 1. The Morgan fingerprint density at radius 3 is 2.69 bits per heavy atom. The van der Waals surface area contributed by atoms with Gasteiger partial charge in [-0.3, -0.25) is 0 Å². The molecule has 1 fully saturated rings. The first-order valence-corrected chi connectivity index (χ1v) is 5.71. The second kappa shape index (κ2) is 4.50. The van der Waals surface area contributed by atoms with Gasteiger partial charge in [0.1, 0.15) is 0 Å². The molecule has 0 spiro atoms. The zero-order valence-corrected chi connectivity index (χ0v) is 9.47. The molecule has 0 bridgehead atoms. The van der Waals surface area contributed by atoms with Gasteiger partial charge in [0.05, 0.1) is 0 Å². The topological polar surface area (TPSA) is 12.0 Å². The quantitative estimate of drug-likeness (QED) is 0.824. The zero-order chi connectivity index (χ0) is 11.6. The molecule has 1 aromatic carbocycles. The number of rotatable bonds is 4. The highest BCUT2D eigenvalue weighted by Crippen LogP contribution is 2.31. The van der Waals surface area contributed by atoms with E-state index in [0.717, 1.165) is 5.56 Å². The lowest BCUT2D eigenvalue weighted by Gasteiger charge is -2.39. The lowest BCUT2D eigenvalue weighted by atomic mass is 9.78. The molecule has 0 radical (unpaired) electrons. The van der Waals surface area contributed by atoms with Crippen LogP contribution in [0.5, 0.6) is 0 Å². The van der Waals surface area contributed by atoms with Crippen molar-refractivity contribution in [3.05, 3.63) is 35.4 Å². The SMILES string of the molecule is CC1(NCc2cccc(C(F)F)c2)CCC1. The zero-order valence-electron chi connectivity index (χ0n) is 9.47. The average Bonchev–Trinajstić information content (AvgIpc) is 2.24. The third-order valence-electron chi connectivity index (χ3n) is 3.38. The molecule has 1 aromatic rings. The maximum atomic E-state index is 12.5.